The Balaban J connectivity index is 2.94. The van der Waals surface area contributed by atoms with Crippen molar-refractivity contribution >= 4 is 27.8 Å². The number of halogens is 1. The van der Waals surface area contributed by atoms with Crippen LogP contribution in [0.4, 0.5) is 0 Å². The van der Waals surface area contributed by atoms with Gasteiger partial charge in [-0.25, -0.2) is 4.79 Å². The Hall–Kier alpha value is -1.40. The van der Waals surface area contributed by atoms with E-state index in [2.05, 4.69) is 21.2 Å². The number of carbonyl (C=O) groups is 2. The summed E-state index contributed by atoms with van der Waals surface area (Å²) in [5.74, 6) is -1.82. The molecule has 0 unspecified atom stereocenters. The standard InChI is InChI=1S/C12H14BrNO4/c1-6-4-3-5-8(9(6)13)11(16)14-10(7(2)15)12(17)18/h3-5,7,10,15H,1-2H3,(H,14,16)(H,17,18)/t7-,10+/m1/s1. The summed E-state index contributed by atoms with van der Waals surface area (Å²) in [4.78, 5) is 22.8. The molecule has 18 heavy (non-hydrogen) atoms. The number of aliphatic carboxylic acids is 1. The van der Waals surface area contributed by atoms with Crippen molar-refractivity contribution in [1.29, 1.82) is 0 Å². The van der Waals surface area contributed by atoms with Gasteiger partial charge in [-0.15, -0.1) is 0 Å². The second-order valence-corrected chi connectivity index (χ2v) is 4.76. The molecule has 0 aliphatic rings. The number of carboxylic acid groups (broad SMARTS) is 1. The highest BCUT2D eigenvalue weighted by Gasteiger charge is 2.26. The van der Waals surface area contributed by atoms with E-state index < -0.39 is 24.0 Å². The predicted molar refractivity (Wildman–Crippen MR) is 69.4 cm³/mol. The number of hydrogen-bond acceptors (Lipinski definition) is 3. The highest BCUT2D eigenvalue weighted by atomic mass is 79.9. The van der Waals surface area contributed by atoms with Gasteiger partial charge < -0.3 is 15.5 Å². The van der Waals surface area contributed by atoms with Gasteiger partial charge in [0.25, 0.3) is 5.91 Å². The van der Waals surface area contributed by atoms with Gasteiger partial charge in [0.05, 0.1) is 11.7 Å². The molecule has 1 amide bonds. The zero-order valence-corrected chi connectivity index (χ0v) is 11.6. The smallest absolute Gasteiger partial charge is 0.328 e. The van der Waals surface area contributed by atoms with Gasteiger partial charge in [-0.2, -0.15) is 0 Å². The molecule has 0 aliphatic heterocycles. The third-order valence-electron chi connectivity index (χ3n) is 2.47. The fourth-order valence-electron chi connectivity index (χ4n) is 1.43. The van der Waals surface area contributed by atoms with Crippen molar-refractivity contribution in [2.75, 3.05) is 0 Å². The van der Waals surface area contributed by atoms with E-state index in [0.29, 0.717) is 10.0 Å². The number of carboxylic acids is 1. The summed E-state index contributed by atoms with van der Waals surface area (Å²) in [6.45, 7) is 3.13. The second-order valence-electron chi connectivity index (χ2n) is 3.97. The summed E-state index contributed by atoms with van der Waals surface area (Å²) in [7, 11) is 0. The molecular formula is C12H14BrNO4. The normalized spacial score (nSPS) is 13.8. The maximum atomic E-state index is 11.9. The first-order valence-electron chi connectivity index (χ1n) is 5.31. The molecule has 0 bridgehead atoms. The van der Waals surface area contributed by atoms with Gasteiger partial charge >= 0.3 is 5.97 Å². The van der Waals surface area contributed by atoms with Gasteiger partial charge in [-0.1, -0.05) is 12.1 Å². The van der Waals surface area contributed by atoms with E-state index in [1.165, 1.54) is 6.92 Å². The van der Waals surface area contributed by atoms with Crippen LogP contribution in [-0.2, 0) is 4.79 Å². The van der Waals surface area contributed by atoms with Gasteiger partial charge in [0, 0.05) is 4.47 Å². The molecule has 1 aromatic carbocycles. The third kappa shape index (κ3) is 3.30. The molecule has 0 radical (unpaired) electrons. The zero-order chi connectivity index (χ0) is 13.9. The maximum Gasteiger partial charge on any atom is 0.328 e. The van der Waals surface area contributed by atoms with Crippen molar-refractivity contribution in [2.24, 2.45) is 0 Å². The number of aliphatic hydroxyl groups excluding tert-OH is 1. The average molecular weight is 316 g/mol. The molecule has 0 heterocycles. The first-order chi connectivity index (χ1) is 8.34. The molecule has 0 spiro atoms. The number of amides is 1. The van der Waals surface area contributed by atoms with E-state index in [4.69, 9.17) is 5.11 Å². The minimum Gasteiger partial charge on any atom is -0.480 e. The van der Waals surface area contributed by atoms with Gasteiger partial charge in [0.1, 0.15) is 0 Å². The van der Waals surface area contributed by atoms with Crippen molar-refractivity contribution in [1.82, 2.24) is 5.32 Å². The molecule has 0 fully saturated rings. The fraction of sp³-hybridized carbons (Fsp3) is 0.333. The lowest BCUT2D eigenvalue weighted by molar-refractivity contribution is -0.141. The van der Waals surface area contributed by atoms with Crippen molar-refractivity contribution < 1.29 is 19.8 Å². The van der Waals surface area contributed by atoms with E-state index in [1.807, 2.05) is 13.0 Å². The van der Waals surface area contributed by atoms with Crippen LogP contribution in [0.15, 0.2) is 22.7 Å². The first-order valence-corrected chi connectivity index (χ1v) is 6.10. The zero-order valence-electron chi connectivity index (χ0n) is 9.98. The summed E-state index contributed by atoms with van der Waals surface area (Å²) in [6.07, 6.45) is -1.17. The number of carbonyl (C=O) groups excluding carboxylic acids is 1. The lowest BCUT2D eigenvalue weighted by atomic mass is 10.1. The SMILES string of the molecule is Cc1cccc(C(=O)N[C@H](C(=O)O)[C@@H](C)O)c1Br. The van der Waals surface area contributed by atoms with E-state index >= 15 is 0 Å². The lowest BCUT2D eigenvalue weighted by Crippen LogP contribution is -2.47. The molecule has 98 valence electrons. The molecule has 6 heteroatoms. The van der Waals surface area contributed by atoms with E-state index in [-0.39, 0.29) is 0 Å². The second kappa shape index (κ2) is 5.97. The van der Waals surface area contributed by atoms with Gasteiger partial charge in [0.2, 0.25) is 0 Å². The van der Waals surface area contributed by atoms with Crippen LogP contribution >= 0.6 is 15.9 Å². The molecule has 2 atom stereocenters. The molecule has 0 aliphatic carbocycles. The van der Waals surface area contributed by atoms with Crippen LogP contribution in [0.1, 0.15) is 22.8 Å². The molecule has 1 aromatic rings. The number of nitrogens with one attached hydrogen (secondary N) is 1. The fourth-order valence-corrected chi connectivity index (χ4v) is 1.87. The van der Waals surface area contributed by atoms with Crippen LogP contribution in [-0.4, -0.2) is 34.2 Å². The lowest BCUT2D eigenvalue weighted by Gasteiger charge is -2.17. The topological polar surface area (TPSA) is 86.6 Å². The molecular weight excluding hydrogens is 302 g/mol. The number of rotatable bonds is 4. The molecule has 0 aromatic heterocycles. The van der Waals surface area contributed by atoms with Gasteiger partial charge in [-0.05, 0) is 41.4 Å². The molecule has 1 rings (SSSR count). The number of aryl methyl sites for hydroxylation is 1. The third-order valence-corrected chi connectivity index (χ3v) is 3.52. The van der Waals surface area contributed by atoms with Crippen LogP contribution in [0, 0.1) is 6.92 Å². The Morgan fingerprint density at radius 2 is 2.00 bits per heavy atom. The highest BCUT2D eigenvalue weighted by Crippen LogP contribution is 2.21. The summed E-state index contributed by atoms with van der Waals surface area (Å²) < 4.78 is 0.609. The van der Waals surface area contributed by atoms with Crippen molar-refractivity contribution in [2.45, 2.75) is 26.0 Å². The molecule has 0 saturated heterocycles. The van der Waals surface area contributed by atoms with Crippen LogP contribution in [0.5, 0.6) is 0 Å². The maximum absolute atomic E-state index is 11.9. The summed E-state index contributed by atoms with van der Waals surface area (Å²) in [6, 6.07) is 3.77. The average Bonchev–Trinajstić information content (AvgIpc) is 2.28. The number of hydrogen-bond donors (Lipinski definition) is 3. The molecule has 5 nitrogen and oxygen atoms in total. The quantitative estimate of drug-likeness (QED) is 0.782. The Labute approximate surface area is 113 Å². The Bertz CT molecular complexity index is 473. The van der Waals surface area contributed by atoms with Crippen LogP contribution < -0.4 is 5.32 Å². The molecule has 0 saturated carbocycles. The minimum atomic E-state index is -1.33. The van der Waals surface area contributed by atoms with E-state index in [0.717, 1.165) is 5.56 Å². The highest BCUT2D eigenvalue weighted by molar-refractivity contribution is 9.10. The summed E-state index contributed by atoms with van der Waals surface area (Å²) in [5.41, 5.74) is 1.20. The molecule has 3 N–H and O–H groups in total. The largest absolute Gasteiger partial charge is 0.480 e. The van der Waals surface area contributed by atoms with Gasteiger partial charge in [0.15, 0.2) is 6.04 Å². The van der Waals surface area contributed by atoms with Crippen molar-refractivity contribution in [3.8, 4) is 0 Å². The monoisotopic (exact) mass is 315 g/mol. The van der Waals surface area contributed by atoms with Crippen LogP contribution in [0.2, 0.25) is 0 Å². The summed E-state index contributed by atoms with van der Waals surface area (Å²) in [5, 5.41) is 20.5. The Morgan fingerprint density at radius 1 is 1.39 bits per heavy atom. The minimum absolute atomic E-state index is 0.335. The van der Waals surface area contributed by atoms with E-state index in [1.54, 1.807) is 12.1 Å². The van der Waals surface area contributed by atoms with Gasteiger partial charge in [-0.3, -0.25) is 4.79 Å². The van der Waals surface area contributed by atoms with Crippen molar-refractivity contribution in [3.05, 3.63) is 33.8 Å². The number of benzene rings is 1. The van der Waals surface area contributed by atoms with Crippen LogP contribution in [0.3, 0.4) is 0 Å². The Kier molecular flexibility index (Phi) is 4.86. The van der Waals surface area contributed by atoms with E-state index in [9.17, 15) is 14.7 Å². The Morgan fingerprint density at radius 3 is 2.50 bits per heavy atom. The predicted octanol–water partition coefficient (Wildman–Crippen LogP) is 1.32. The van der Waals surface area contributed by atoms with Crippen LogP contribution in [0.25, 0.3) is 0 Å². The summed E-state index contributed by atoms with van der Waals surface area (Å²) >= 11 is 3.27. The number of aliphatic hydroxyl groups is 1. The van der Waals surface area contributed by atoms with Crippen molar-refractivity contribution in [3.63, 3.8) is 0 Å². The first kappa shape index (κ1) is 14.7.